The van der Waals surface area contributed by atoms with Crippen LogP contribution in [0, 0.1) is 0 Å². The smallest absolute Gasteiger partial charge is 0.280 e. The molecule has 1 N–H and O–H groups in total. The van der Waals surface area contributed by atoms with Gasteiger partial charge in [-0.2, -0.15) is 0 Å². The number of nitrogens with zero attached hydrogens (tertiary/aromatic N) is 1. The van der Waals surface area contributed by atoms with Crippen LogP contribution in [0.1, 0.15) is 22.1 Å². The summed E-state index contributed by atoms with van der Waals surface area (Å²) in [6, 6.07) is 26.7. The molecule has 156 valence electrons. The summed E-state index contributed by atoms with van der Waals surface area (Å²) < 4.78 is 5.24. The highest BCUT2D eigenvalue weighted by Crippen LogP contribution is 2.45. The molecule has 4 rings (SSSR count). The Morgan fingerprint density at radius 1 is 1.00 bits per heavy atom. The number of hydrazine groups is 1. The Labute approximate surface area is 185 Å². The van der Waals surface area contributed by atoms with Gasteiger partial charge in [0.15, 0.2) is 0 Å². The van der Waals surface area contributed by atoms with Crippen LogP contribution in [-0.2, 0) is 16.0 Å². The average Bonchev–Trinajstić information content (AvgIpc) is 3.10. The second kappa shape index (κ2) is 9.53. The fourth-order valence-corrected chi connectivity index (χ4v) is 4.49. The van der Waals surface area contributed by atoms with Crippen LogP contribution in [0.3, 0.4) is 0 Å². The van der Waals surface area contributed by atoms with Gasteiger partial charge < -0.3 is 4.74 Å². The Kier molecular flexibility index (Phi) is 6.38. The lowest BCUT2D eigenvalue weighted by molar-refractivity contribution is -0.137. The SMILES string of the molecule is COc1ccc([C@H]2S/C(=C/c3ccccc3)C(=O)N2NC(=O)Cc2ccccc2)cc1. The van der Waals surface area contributed by atoms with E-state index >= 15 is 0 Å². The Hall–Kier alpha value is -3.51. The molecule has 0 aliphatic carbocycles. The van der Waals surface area contributed by atoms with Gasteiger partial charge in [-0.15, -0.1) is 0 Å². The lowest BCUT2D eigenvalue weighted by Gasteiger charge is -2.24. The molecule has 0 saturated carbocycles. The number of hydrogen-bond donors (Lipinski definition) is 1. The molecule has 3 aromatic carbocycles. The predicted octanol–water partition coefficient (Wildman–Crippen LogP) is 4.58. The maximum absolute atomic E-state index is 13.2. The first-order valence-electron chi connectivity index (χ1n) is 9.88. The van der Waals surface area contributed by atoms with E-state index in [1.165, 1.54) is 16.8 Å². The molecule has 1 heterocycles. The van der Waals surface area contributed by atoms with Crippen molar-refractivity contribution >= 4 is 29.7 Å². The van der Waals surface area contributed by atoms with E-state index in [1.54, 1.807) is 7.11 Å². The Morgan fingerprint density at radius 2 is 1.65 bits per heavy atom. The molecule has 1 fully saturated rings. The molecule has 2 amide bonds. The number of methoxy groups -OCH3 is 1. The van der Waals surface area contributed by atoms with Gasteiger partial charge in [0.2, 0.25) is 5.91 Å². The van der Waals surface area contributed by atoms with Crippen molar-refractivity contribution in [2.24, 2.45) is 0 Å². The summed E-state index contributed by atoms with van der Waals surface area (Å²) in [5.74, 6) is 0.272. The van der Waals surface area contributed by atoms with Crippen LogP contribution < -0.4 is 10.2 Å². The molecule has 0 radical (unpaired) electrons. The van der Waals surface area contributed by atoms with Crippen molar-refractivity contribution in [3.05, 3.63) is 107 Å². The highest BCUT2D eigenvalue weighted by molar-refractivity contribution is 8.04. The number of carbonyl (C=O) groups is 2. The number of ether oxygens (including phenoxy) is 1. The Morgan fingerprint density at radius 3 is 2.29 bits per heavy atom. The van der Waals surface area contributed by atoms with Gasteiger partial charge in [-0.25, -0.2) is 5.01 Å². The molecule has 1 aliphatic heterocycles. The largest absolute Gasteiger partial charge is 0.497 e. The minimum atomic E-state index is -0.368. The molecule has 0 spiro atoms. The van der Waals surface area contributed by atoms with E-state index in [2.05, 4.69) is 5.43 Å². The van der Waals surface area contributed by atoms with Gasteiger partial charge >= 0.3 is 0 Å². The number of amides is 2. The minimum Gasteiger partial charge on any atom is -0.497 e. The van der Waals surface area contributed by atoms with Gasteiger partial charge in [0, 0.05) is 0 Å². The molecule has 3 aromatic rings. The van der Waals surface area contributed by atoms with Crippen LogP contribution in [0.15, 0.2) is 89.8 Å². The van der Waals surface area contributed by atoms with Crippen molar-refractivity contribution < 1.29 is 14.3 Å². The van der Waals surface area contributed by atoms with E-state index in [1.807, 2.05) is 91.0 Å². The number of benzene rings is 3. The monoisotopic (exact) mass is 430 g/mol. The molecule has 1 atom stereocenters. The van der Waals surface area contributed by atoms with Crippen molar-refractivity contribution in [1.29, 1.82) is 0 Å². The van der Waals surface area contributed by atoms with Gasteiger partial charge in [0.1, 0.15) is 11.1 Å². The van der Waals surface area contributed by atoms with E-state index in [0.717, 1.165) is 22.4 Å². The fourth-order valence-electron chi connectivity index (χ4n) is 3.30. The van der Waals surface area contributed by atoms with Crippen molar-refractivity contribution in [2.45, 2.75) is 11.8 Å². The van der Waals surface area contributed by atoms with Gasteiger partial charge in [0.05, 0.1) is 18.4 Å². The van der Waals surface area contributed by atoms with E-state index < -0.39 is 0 Å². The highest BCUT2D eigenvalue weighted by atomic mass is 32.2. The van der Waals surface area contributed by atoms with Crippen LogP contribution >= 0.6 is 11.8 Å². The molecule has 31 heavy (non-hydrogen) atoms. The molecular weight excluding hydrogens is 408 g/mol. The number of thioether (sulfide) groups is 1. The zero-order chi connectivity index (χ0) is 21.6. The standard InChI is InChI=1S/C25H22N2O3S/c1-30-21-14-12-20(13-15-21)25-27(26-23(28)17-19-10-6-3-7-11-19)24(29)22(31-25)16-18-8-4-2-5-9-18/h2-16,25H,17H2,1H3,(H,26,28)/b22-16+/t25-/m1/s1. The summed E-state index contributed by atoms with van der Waals surface area (Å²) in [4.78, 5) is 26.5. The molecule has 1 saturated heterocycles. The first-order chi connectivity index (χ1) is 15.1. The van der Waals surface area contributed by atoms with Crippen molar-refractivity contribution in [1.82, 2.24) is 10.4 Å². The Balaban J connectivity index is 1.60. The average molecular weight is 431 g/mol. The topological polar surface area (TPSA) is 58.6 Å². The van der Waals surface area contributed by atoms with E-state index in [9.17, 15) is 9.59 Å². The van der Waals surface area contributed by atoms with Crippen molar-refractivity contribution in [3.8, 4) is 5.75 Å². The Bertz CT molecular complexity index is 1080. The molecule has 0 bridgehead atoms. The third-order valence-corrected chi connectivity index (χ3v) is 6.11. The quantitative estimate of drug-likeness (QED) is 0.582. The molecule has 0 aromatic heterocycles. The predicted molar refractivity (Wildman–Crippen MR) is 123 cm³/mol. The summed E-state index contributed by atoms with van der Waals surface area (Å²) in [5, 5.41) is 1.06. The third-order valence-electron chi connectivity index (χ3n) is 4.85. The zero-order valence-corrected chi connectivity index (χ0v) is 17.8. The summed E-state index contributed by atoms with van der Waals surface area (Å²) >= 11 is 1.42. The van der Waals surface area contributed by atoms with Gasteiger partial charge in [-0.05, 0) is 34.9 Å². The van der Waals surface area contributed by atoms with E-state index in [-0.39, 0.29) is 23.6 Å². The lowest BCUT2D eigenvalue weighted by Crippen LogP contribution is -2.44. The number of nitrogens with one attached hydrogen (secondary N) is 1. The molecular formula is C25H22N2O3S. The van der Waals surface area contributed by atoms with Crippen LogP contribution in [0.2, 0.25) is 0 Å². The summed E-state index contributed by atoms with van der Waals surface area (Å²) in [7, 11) is 1.61. The van der Waals surface area contributed by atoms with E-state index in [4.69, 9.17) is 4.74 Å². The maximum Gasteiger partial charge on any atom is 0.280 e. The fraction of sp³-hybridized carbons (Fsp3) is 0.120. The third kappa shape index (κ3) is 4.98. The van der Waals surface area contributed by atoms with E-state index in [0.29, 0.717) is 4.91 Å². The second-order valence-corrected chi connectivity index (χ2v) is 8.16. The first-order valence-corrected chi connectivity index (χ1v) is 10.8. The lowest BCUT2D eigenvalue weighted by atomic mass is 10.1. The first kappa shape index (κ1) is 20.8. The highest BCUT2D eigenvalue weighted by Gasteiger charge is 2.38. The number of rotatable bonds is 6. The number of hydrogen-bond acceptors (Lipinski definition) is 4. The van der Waals surface area contributed by atoms with Gasteiger partial charge in [-0.3, -0.25) is 15.0 Å². The second-order valence-electron chi connectivity index (χ2n) is 7.04. The molecule has 0 unspecified atom stereocenters. The number of carbonyl (C=O) groups excluding carboxylic acids is 2. The molecule has 5 nitrogen and oxygen atoms in total. The van der Waals surface area contributed by atoms with Crippen LogP contribution in [0.25, 0.3) is 6.08 Å². The summed E-state index contributed by atoms with van der Waals surface area (Å²) in [6.45, 7) is 0. The van der Waals surface area contributed by atoms with Crippen LogP contribution in [-0.4, -0.2) is 23.9 Å². The molecule has 6 heteroatoms. The minimum absolute atomic E-state index is 0.197. The van der Waals surface area contributed by atoms with Crippen molar-refractivity contribution in [2.75, 3.05) is 7.11 Å². The normalized spacial score (nSPS) is 17.1. The summed E-state index contributed by atoms with van der Waals surface area (Å²) in [5.41, 5.74) is 5.54. The zero-order valence-electron chi connectivity index (χ0n) is 17.0. The van der Waals surface area contributed by atoms with Gasteiger partial charge in [0.25, 0.3) is 5.91 Å². The van der Waals surface area contributed by atoms with Crippen LogP contribution in [0.4, 0.5) is 0 Å². The maximum atomic E-state index is 13.2. The van der Waals surface area contributed by atoms with Crippen LogP contribution in [0.5, 0.6) is 5.75 Å². The summed E-state index contributed by atoms with van der Waals surface area (Å²) in [6.07, 6.45) is 2.05. The van der Waals surface area contributed by atoms with Gasteiger partial charge in [-0.1, -0.05) is 84.6 Å². The van der Waals surface area contributed by atoms with Crippen molar-refractivity contribution in [3.63, 3.8) is 0 Å². The molecule has 1 aliphatic rings.